The van der Waals surface area contributed by atoms with Crippen molar-refractivity contribution in [1.29, 1.82) is 0 Å². The molecule has 1 N–H and O–H groups in total. The van der Waals surface area contributed by atoms with E-state index in [9.17, 15) is 13.2 Å². The van der Waals surface area contributed by atoms with Crippen molar-refractivity contribution in [3.8, 4) is 0 Å². The summed E-state index contributed by atoms with van der Waals surface area (Å²) in [6, 6.07) is 1.77. The van der Waals surface area contributed by atoms with Gasteiger partial charge in [0.1, 0.15) is 0 Å². The maximum Gasteiger partial charge on any atom is 0.255 e. The second kappa shape index (κ2) is 7.34. The van der Waals surface area contributed by atoms with E-state index in [0.29, 0.717) is 18.7 Å². The van der Waals surface area contributed by atoms with Gasteiger partial charge in [-0.1, -0.05) is 0 Å². The highest BCUT2D eigenvalue weighted by molar-refractivity contribution is 7.88. The molecule has 1 aromatic rings. The summed E-state index contributed by atoms with van der Waals surface area (Å²) in [5, 5.41) is 3.78. The quantitative estimate of drug-likeness (QED) is 0.855. The molecule has 2 aliphatic heterocycles. The van der Waals surface area contributed by atoms with Crippen LogP contribution in [0.2, 0.25) is 0 Å². The third-order valence-corrected chi connectivity index (χ3v) is 7.08. The van der Waals surface area contributed by atoms with Crippen LogP contribution in [0.25, 0.3) is 0 Å². The highest BCUT2D eigenvalue weighted by atomic mass is 32.2. The van der Waals surface area contributed by atoms with Gasteiger partial charge in [0, 0.05) is 18.5 Å². The van der Waals surface area contributed by atoms with Crippen molar-refractivity contribution < 1.29 is 13.2 Å². The molecule has 1 unspecified atom stereocenters. The van der Waals surface area contributed by atoms with Crippen molar-refractivity contribution >= 4 is 27.3 Å². The second-order valence-electron chi connectivity index (χ2n) is 7.42. The number of rotatable bonds is 4. The van der Waals surface area contributed by atoms with Gasteiger partial charge in [0.2, 0.25) is 10.0 Å². The van der Waals surface area contributed by atoms with Crippen LogP contribution < -0.4 is 4.72 Å². The number of likely N-dealkylation sites (tertiary alicyclic amines) is 2. The van der Waals surface area contributed by atoms with Crippen LogP contribution in [0.3, 0.4) is 0 Å². The topological polar surface area (TPSA) is 69.7 Å². The van der Waals surface area contributed by atoms with Crippen LogP contribution in [0.15, 0.2) is 16.8 Å². The van der Waals surface area contributed by atoms with Crippen LogP contribution in [0.1, 0.15) is 36.0 Å². The molecule has 3 heterocycles. The van der Waals surface area contributed by atoms with Crippen LogP contribution in [-0.4, -0.2) is 69.6 Å². The Labute approximate surface area is 154 Å². The lowest BCUT2D eigenvalue weighted by molar-refractivity contribution is -0.0168. The van der Waals surface area contributed by atoms with E-state index in [2.05, 4.69) is 16.7 Å². The fraction of sp³-hybridized carbons (Fsp3) is 0.706. The number of nitrogens with zero attached hydrogens (tertiary/aromatic N) is 2. The summed E-state index contributed by atoms with van der Waals surface area (Å²) in [6.07, 6.45) is 5.24. The van der Waals surface area contributed by atoms with Crippen LogP contribution in [-0.2, 0) is 10.0 Å². The number of nitrogens with one attached hydrogen (secondary N) is 1. The van der Waals surface area contributed by atoms with Crippen molar-refractivity contribution in [2.75, 3.05) is 39.5 Å². The Hall–Kier alpha value is -0.960. The number of hydrogen-bond acceptors (Lipinski definition) is 5. The first-order valence-electron chi connectivity index (χ1n) is 8.77. The average Bonchev–Trinajstić information content (AvgIpc) is 3.09. The summed E-state index contributed by atoms with van der Waals surface area (Å²) >= 11 is 1.51. The van der Waals surface area contributed by atoms with Crippen molar-refractivity contribution in [3.05, 3.63) is 22.4 Å². The summed E-state index contributed by atoms with van der Waals surface area (Å²) in [4.78, 5) is 17.3. The average molecular weight is 386 g/mol. The molecule has 1 aromatic heterocycles. The number of carbonyl (C=O) groups excluding carboxylic acids is 1. The molecule has 6 nitrogen and oxygen atoms in total. The molecule has 2 aliphatic rings. The Kier molecular flexibility index (Phi) is 5.53. The molecule has 1 amide bonds. The number of amides is 1. The predicted octanol–water partition coefficient (Wildman–Crippen LogP) is 1.61. The normalized spacial score (nSPS) is 24.6. The minimum atomic E-state index is -3.29. The molecule has 0 saturated carbocycles. The van der Waals surface area contributed by atoms with Gasteiger partial charge in [-0.3, -0.25) is 4.79 Å². The summed E-state index contributed by atoms with van der Waals surface area (Å²) in [7, 11) is -1.17. The van der Waals surface area contributed by atoms with Gasteiger partial charge in [0.15, 0.2) is 0 Å². The number of hydrogen-bond donors (Lipinski definition) is 1. The minimum Gasteiger partial charge on any atom is -0.334 e. The largest absolute Gasteiger partial charge is 0.334 e. The maximum atomic E-state index is 13.0. The summed E-state index contributed by atoms with van der Waals surface area (Å²) in [6.45, 7) is 2.99. The first-order chi connectivity index (χ1) is 11.8. The first kappa shape index (κ1) is 18.8. The highest BCUT2D eigenvalue weighted by Crippen LogP contribution is 2.44. The van der Waals surface area contributed by atoms with E-state index in [0.717, 1.165) is 38.8 Å². The second-order valence-corrected chi connectivity index (χ2v) is 10.0. The Morgan fingerprint density at radius 3 is 2.64 bits per heavy atom. The molecule has 0 bridgehead atoms. The van der Waals surface area contributed by atoms with E-state index in [4.69, 9.17) is 0 Å². The number of carbonyl (C=O) groups is 1. The van der Waals surface area contributed by atoms with Gasteiger partial charge in [0.05, 0.1) is 17.9 Å². The maximum absolute atomic E-state index is 13.0. The Bertz CT molecular complexity index is 695. The molecule has 1 atom stereocenters. The van der Waals surface area contributed by atoms with Crippen molar-refractivity contribution in [2.45, 2.75) is 31.7 Å². The van der Waals surface area contributed by atoms with Crippen molar-refractivity contribution in [2.24, 2.45) is 5.41 Å². The summed E-state index contributed by atoms with van der Waals surface area (Å²) in [5.74, 6) is 0.0274. The lowest BCUT2D eigenvalue weighted by Gasteiger charge is -2.53. The summed E-state index contributed by atoms with van der Waals surface area (Å²) < 4.78 is 26.0. The lowest BCUT2D eigenvalue weighted by atomic mass is 9.66. The fourth-order valence-electron chi connectivity index (χ4n) is 4.25. The molecular weight excluding hydrogens is 358 g/mol. The van der Waals surface area contributed by atoms with Crippen LogP contribution >= 0.6 is 11.3 Å². The highest BCUT2D eigenvalue weighted by Gasteiger charge is 2.47. The zero-order chi connectivity index (χ0) is 18.1. The van der Waals surface area contributed by atoms with Crippen LogP contribution in [0.5, 0.6) is 0 Å². The van der Waals surface area contributed by atoms with Crippen LogP contribution in [0.4, 0.5) is 0 Å². The molecule has 0 aromatic carbocycles. The smallest absolute Gasteiger partial charge is 0.255 e. The predicted molar refractivity (Wildman–Crippen MR) is 100 cm³/mol. The van der Waals surface area contributed by atoms with Crippen molar-refractivity contribution in [1.82, 2.24) is 14.5 Å². The standard InChI is InChI=1S/C17H27N3O3S2/c1-19-9-6-17(7-10-19)5-3-8-20(15(17)12-18-25(2,22)23)16(21)14-4-11-24-13-14/h4,11,13,15,18H,3,5-10,12H2,1-2H3. The molecule has 1 spiro atoms. The first-order valence-corrected chi connectivity index (χ1v) is 11.6. The molecular formula is C17H27N3O3S2. The molecule has 2 saturated heterocycles. The fourth-order valence-corrected chi connectivity index (χ4v) is 5.34. The van der Waals surface area contributed by atoms with Gasteiger partial charge in [-0.2, -0.15) is 11.3 Å². The van der Waals surface area contributed by atoms with Gasteiger partial charge in [-0.05, 0) is 62.7 Å². The molecule has 8 heteroatoms. The Morgan fingerprint density at radius 2 is 2.04 bits per heavy atom. The van der Waals surface area contributed by atoms with Gasteiger partial charge < -0.3 is 9.80 Å². The van der Waals surface area contributed by atoms with Gasteiger partial charge in [-0.15, -0.1) is 0 Å². The van der Waals surface area contributed by atoms with Gasteiger partial charge in [-0.25, -0.2) is 13.1 Å². The molecule has 25 heavy (non-hydrogen) atoms. The van der Waals surface area contributed by atoms with E-state index < -0.39 is 10.0 Å². The van der Waals surface area contributed by atoms with E-state index in [1.165, 1.54) is 17.6 Å². The SMILES string of the molecule is CN1CCC2(CCCN(C(=O)c3ccsc3)C2CNS(C)(=O)=O)CC1. The minimum absolute atomic E-state index is 0.00807. The molecule has 2 fully saturated rings. The van der Waals surface area contributed by atoms with E-state index >= 15 is 0 Å². The zero-order valence-electron chi connectivity index (χ0n) is 14.9. The van der Waals surface area contributed by atoms with Gasteiger partial charge >= 0.3 is 0 Å². The lowest BCUT2D eigenvalue weighted by Crippen LogP contribution is -2.61. The van der Waals surface area contributed by atoms with E-state index in [1.807, 2.05) is 21.7 Å². The molecule has 0 radical (unpaired) electrons. The Balaban J connectivity index is 1.88. The van der Waals surface area contributed by atoms with Crippen molar-refractivity contribution in [3.63, 3.8) is 0 Å². The summed E-state index contributed by atoms with van der Waals surface area (Å²) in [5.41, 5.74) is 0.716. The number of thiophene rings is 1. The third-order valence-electron chi connectivity index (χ3n) is 5.71. The Morgan fingerprint density at radius 1 is 1.32 bits per heavy atom. The molecule has 0 aliphatic carbocycles. The number of sulfonamides is 1. The third kappa shape index (κ3) is 4.24. The van der Waals surface area contributed by atoms with E-state index in [-0.39, 0.29) is 17.4 Å². The van der Waals surface area contributed by atoms with Crippen LogP contribution in [0, 0.1) is 5.41 Å². The van der Waals surface area contributed by atoms with Gasteiger partial charge in [0.25, 0.3) is 5.91 Å². The zero-order valence-corrected chi connectivity index (χ0v) is 16.5. The monoisotopic (exact) mass is 385 g/mol. The number of piperidine rings is 2. The van der Waals surface area contributed by atoms with E-state index in [1.54, 1.807) is 0 Å². The molecule has 3 rings (SSSR count). The molecule has 140 valence electrons.